The maximum absolute atomic E-state index is 14.3. The van der Waals surface area contributed by atoms with Crippen LogP contribution in [0, 0.1) is 12.4 Å². The maximum atomic E-state index is 14.3. The topological polar surface area (TPSA) is 117 Å². The summed E-state index contributed by atoms with van der Waals surface area (Å²) >= 11 is 1.16. The number of benzene rings is 1. The molecule has 1 atom stereocenters. The van der Waals surface area contributed by atoms with E-state index in [4.69, 9.17) is 26.0 Å². The standard InChI is InChI=1S/C31H25FN6O4S/c1-33-19-8-7-18(22(32)11-19)16-42-28-4-2-3-23(35-28)21-14-34-26(36-29(21)17-5-6-17)13-27-37-30-24(12-25(43-30)31(39)40)38(27)15-20-9-10-41-20/h2-4,7-8,11-12,14,17,20H,5-6,9-10,13,15-16H2,(H,39,40). The van der Waals surface area contributed by atoms with Crippen molar-refractivity contribution >= 4 is 33.3 Å². The SMILES string of the molecule is [C-]#[N+]c1ccc(COc2cccc(-c3cnc(Cc4nc5sc(C(=O)O)cc5n4CC4CCO4)nc3C3CC3)n2)c(F)c1. The Morgan fingerprint density at radius 3 is 2.77 bits per heavy atom. The van der Waals surface area contributed by atoms with Gasteiger partial charge < -0.3 is 19.1 Å². The fourth-order valence-corrected chi connectivity index (χ4v) is 5.97. The number of nitrogens with zero attached hydrogens (tertiary/aromatic N) is 6. The Morgan fingerprint density at radius 1 is 1.19 bits per heavy atom. The predicted octanol–water partition coefficient (Wildman–Crippen LogP) is 6.17. The van der Waals surface area contributed by atoms with Gasteiger partial charge in [0.1, 0.15) is 33.8 Å². The summed E-state index contributed by atoms with van der Waals surface area (Å²) in [5.41, 5.74) is 3.77. The van der Waals surface area contributed by atoms with Crippen LogP contribution in [0.4, 0.5) is 10.1 Å². The van der Waals surface area contributed by atoms with Crippen LogP contribution >= 0.6 is 11.3 Å². The van der Waals surface area contributed by atoms with Crippen molar-refractivity contribution < 1.29 is 23.8 Å². The van der Waals surface area contributed by atoms with Crippen molar-refractivity contribution in [3.8, 4) is 17.1 Å². The lowest BCUT2D eigenvalue weighted by atomic mass is 10.1. The molecule has 0 bridgehead atoms. The van der Waals surface area contributed by atoms with Crippen LogP contribution in [0.2, 0.25) is 0 Å². The number of rotatable bonds is 10. The van der Waals surface area contributed by atoms with Gasteiger partial charge in [-0.3, -0.25) is 0 Å². The van der Waals surface area contributed by atoms with E-state index in [2.05, 4.69) is 14.8 Å². The minimum atomic E-state index is -0.963. The molecule has 5 aromatic rings. The summed E-state index contributed by atoms with van der Waals surface area (Å²) in [7, 11) is 0. The second-order valence-electron chi connectivity index (χ2n) is 10.6. The average Bonchev–Trinajstić information content (AvgIpc) is 3.68. The van der Waals surface area contributed by atoms with Gasteiger partial charge in [-0.2, -0.15) is 0 Å². The van der Waals surface area contributed by atoms with Gasteiger partial charge in [-0.05, 0) is 37.5 Å². The number of aromatic carboxylic acids is 1. The van der Waals surface area contributed by atoms with Gasteiger partial charge >= 0.3 is 5.97 Å². The number of fused-ring (bicyclic) bond motifs is 1. The van der Waals surface area contributed by atoms with Crippen LogP contribution in [0.3, 0.4) is 0 Å². The second kappa shape index (κ2) is 11.2. The molecular formula is C31H25FN6O4S. The van der Waals surface area contributed by atoms with Crippen molar-refractivity contribution in [1.82, 2.24) is 24.5 Å². The molecule has 7 rings (SSSR count). The molecule has 0 amide bonds. The summed E-state index contributed by atoms with van der Waals surface area (Å²) in [5, 5.41) is 9.47. The molecule has 1 N–H and O–H groups in total. The number of thiophene rings is 1. The fourth-order valence-electron chi connectivity index (χ4n) is 5.08. The second-order valence-corrected chi connectivity index (χ2v) is 11.6. The monoisotopic (exact) mass is 596 g/mol. The van der Waals surface area contributed by atoms with E-state index in [9.17, 15) is 14.3 Å². The largest absolute Gasteiger partial charge is 0.477 e. The number of halogens is 1. The first-order valence-electron chi connectivity index (χ1n) is 13.9. The van der Waals surface area contributed by atoms with Gasteiger partial charge in [-0.25, -0.2) is 34.0 Å². The highest BCUT2D eigenvalue weighted by atomic mass is 32.1. The zero-order valence-electron chi connectivity index (χ0n) is 22.9. The van der Waals surface area contributed by atoms with Gasteiger partial charge in [0.05, 0.1) is 42.5 Å². The van der Waals surface area contributed by atoms with Gasteiger partial charge in [0, 0.05) is 35.9 Å². The molecule has 0 radical (unpaired) electrons. The molecule has 1 saturated carbocycles. The Labute approximate surface area is 249 Å². The van der Waals surface area contributed by atoms with Crippen molar-refractivity contribution in [2.24, 2.45) is 0 Å². The molecule has 1 unspecified atom stereocenters. The molecule has 12 heteroatoms. The van der Waals surface area contributed by atoms with E-state index < -0.39 is 11.8 Å². The normalized spacial score (nSPS) is 16.1. The molecule has 1 aromatic carbocycles. The molecule has 43 heavy (non-hydrogen) atoms. The molecule has 1 aliphatic heterocycles. The van der Waals surface area contributed by atoms with Crippen LogP contribution in [0.15, 0.2) is 48.7 Å². The maximum Gasteiger partial charge on any atom is 0.346 e. The average molecular weight is 597 g/mol. The summed E-state index contributed by atoms with van der Waals surface area (Å²) in [5.74, 6) is 0.597. The minimum absolute atomic E-state index is 0.0184. The molecule has 2 fully saturated rings. The zero-order chi connectivity index (χ0) is 29.5. The lowest BCUT2D eigenvalue weighted by Crippen LogP contribution is -2.31. The van der Waals surface area contributed by atoms with E-state index in [-0.39, 0.29) is 23.3 Å². The molecule has 0 spiro atoms. The predicted molar refractivity (Wildman–Crippen MR) is 156 cm³/mol. The first-order chi connectivity index (χ1) is 20.9. The number of pyridine rings is 1. The molecular weight excluding hydrogens is 571 g/mol. The van der Waals surface area contributed by atoms with Crippen molar-refractivity contribution in [3.63, 3.8) is 0 Å². The van der Waals surface area contributed by atoms with E-state index in [0.29, 0.717) is 46.7 Å². The Bertz CT molecular complexity index is 1910. The molecule has 216 valence electrons. The van der Waals surface area contributed by atoms with Gasteiger partial charge in [0.25, 0.3) is 0 Å². The summed E-state index contributed by atoms with van der Waals surface area (Å²) < 4.78 is 27.8. The fraction of sp³-hybridized carbons (Fsp3) is 0.290. The van der Waals surface area contributed by atoms with Crippen LogP contribution in [0.25, 0.3) is 26.4 Å². The summed E-state index contributed by atoms with van der Waals surface area (Å²) in [6.45, 7) is 8.34. The quantitative estimate of drug-likeness (QED) is 0.190. The third-order valence-corrected chi connectivity index (χ3v) is 8.61. The van der Waals surface area contributed by atoms with E-state index in [1.807, 2.05) is 16.7 Å². The Balaban J connectivity index is 1.15. The van der Waals surface area contributed by atoms with E-state index in [1.165, 1.54) is 6.07 Å². The van der Waals surface area contributed by atoms with Crippen molar-refractivity contribution in [1.29, 1.82) is 0 Å². The minimum Gasteiger partial charge on any atom is -0.477 e. The number of ether oxygens (including phenoxy) is 2. The van der Waals surface area contributed by atoms with E-state index in [1.54, 1.807) is 30.5 Å². The first-order valence-corrected chi connectivity index (χ1v) is 14.7. The van der Waals surface area contributed by atoms with Gasteiger partial charge in [0.15, 0.2) is 5.69 Å². The smallest absolute Gasteiger partial charge is 0.346 e. The van der Waals surface area contributed by atoms with E-state index in [0.717, 1.165) is 59.8 Å². The van der Waals surface area contributed by atoms with Gasteiger partial charge in [-0.1, -0.05) is 18.2 Å². The third kappa shape index (κ3) is 5.57. The first kappa shape index (κ1) is 27.1. The number of hydrogen-bond donors (Lipinski definition) is 1. The number of carboxylic acid groups (broad SMARTS) is 1. The molecule has 2 aliphatic rings. The molecule has 1 saturated heterocycles. The summed E-state index contributed by atoms with van der Waals surface area (Å²) in [4.78, 5) is 34.8. The van der Waals surface area contributed by atoms with E-state index >= 15 is 0 Å². The van der Waals surface area contributed by atoms with Crippen LogP contribution in [-0.2, 0) is 24.3 Å². The Morgan fingerprint density at radius 2 is 2.05 bits per heavy atom. The number of aromatic nitrogens is 5. The van der Waals surface area contributed by atoms with Crippen molar-refractivity contribution in [2.75, 3.05) is 6.61 Å². The highest BCUT2D eigenvalue weighted by Crippen LogP contribution is 2.43. The molecule has 4 aromatic heterocycles. The lowest BCUT2D eigenvalue weighted by molar-refractivity contribution is -0.0589. The Hall–Kier alpha value is -4.73. The number of carbonyl (C=O) groups is 1. The van der Waals surface area contributed by atoms with Crippen LogP contribution in [0.5, 0.6) is 5.88 Å². The molecule has 10 nitrogen and oxygen atoms in total. The summed E-state index contributed by atoms with van der Waals surface area (Å²) in [6, 6.07) is 11.4. The van der Waals surface area contributed by atoms with Crippen molar-refractivity contribution in [2.45, 2.75) is 50.9 Å². The third-order valence-electron chi connectivity index (χ3n) is 7.61. The van der Waals surface area contributed by atoms with Crippen LogP contribution in [0.1, 0.15) is 57.8 Å². The lowest BCUT2D eigenvalue weighted by Gasteiger charge is -2.27. The van der Waals surface area contributed by atoms with Crippen molar-refractivity contribution in [3.05, 3.63) is 93.7 Å². The van der Waals surface area contributed by atoms with Crippen LogP contribution in [-0.4, -0.2) is 48.3 Å². The number of hydrogen-bond acceptors (Lipinski definition) is 8. The van der Waals surface area contributed by atoms with Gasteiger partial charge in [-0.15, -0.1) is 11.3 Å². The van der Waals surface area contributed by atoms with Crippen LogP contribution < -0.4 is 4.74 Å². The zero-order valence-corrected chi connectivity index (χ0v) is 23.7. The highest BCUT2D eigenvalue weighted by molar-refractivity contribution is 7.20. The number of carboxylic acids is 1. The molecule has 1 aliphatic carbocycles. The van der Waals surface area contributed by atoms with Gasteiger partial charge in [0.2, 0.25) is 5.88 Å². The molecule has 5 heterocycles. The highest BCUT2D eigenvalue weighted by Gasteiger charge is 2.30. The Kier molecular flexibility index (Phi) is 7.04. The summed E-state index contributed by atoms with van der Waals surface area (Å²) in [6.07, 6.45) is 5.26. The number of imidazole rings is 1.